The predicted molar refractivity (Wildman–Crippen MR) is 117 cm³/mol. The van der Waals surface area contributed by atoms with Gasteiger partial charge in [0.15, 0.2) is 0 Å². The van der Waals surface area contributed by atoms with Gasteiger partial charge in [-0.1, -0.05) is 48.0 Å². The van der Waals surface area contributed by atoms with Crippen LogP contribution in [0.3, 0.4) is 0 Å². The second-order valence-electron chi connectivity index (χ2n) is 7.42. The number of amides is 2. The predicted octanol–water partition coefficient (Wildman–Crippen LogP) is 4.33. The Hall–Kier alpha value is -3.12. The Labute approximate surface area is 180 Å². The van der Waals surface area contributed by atoms with Gasteiger partial charge in [-0.25, -0.2) is 4.68 Å². The molecule has 1 aromatic heterocycles. The zero-order valence-electron chi connectivity index (χ0n) is 16.7. The molecule has 0 atom stereocenters. The molecular weight excluding hydrogens is 400 g/mol. The van der Waals surface area contributed by atoms with E-state index >= 15 is 0 Å². The summed E-state index contributed by atoms with van der Waals surface area (Å²) in [6.07, 6.45) is 1.24. The van der Waals surface area contributed by atoms with Gasteiger partial charge in [-0.2, -0.15) is 5.10 Å². The molecule has 30 heavy (non-hydrogen) atoms. The van der Waals surface area contributed by atoms with E-state index < -0.39 is 0 Å². The smallest absolute Gasteiger partial charge is 0.258 e. The molecule has 3 aromatic rings. The number of aryl methyl sites for hydroxylation is 1. The molecule has 0 spiro atoms. The summed E-state index contributed by atoms with van der Waals surface area (Å²) in [6, 6.07) is 18.9. The third kappa shape index (κ3) is 4.09. The number of rotatable bonds is 4. The molecule has 7 heteroatoms. The number of carbonyl (C=O) groups is 2. The molecule has 4 rings (SSSR count). The highest BCUT2D eigenvalue weighted by molar-refractivity contribution is 6.33. The van der Waals surface area contributed by atoms with Crippen LogP contribution in [0.5, 0.6) is 0 Å². The quantitative estimate of drug-likeness (QED) is 0.680. The van der Waals surface area contributed by atoms with Crippen molar-refractivity contribution in [1.29, 1.82) is 0 Å². The van der Waals surface area contributed by atoms with E-state index in [0.717, 1.165) is 11.4 Å². The fourth-order valence-corrected chi connectivity index (χ4v) is 4.10. The minimum atomic E-state index is -0.137. The SMILES string of the molecule is Cc1nn(-c2ccccc2)c(Cl)c1C(=O)N1CCC(C(=O)Nc2ccccc2)CC1. The van der Waals surface area contributed by atoms with E-state index in [9.17, 15) is 9.59 Å². The third-order valence-corrected chi connectivity index (χ3v) is 5.76. The van der Waals surface area contributed by atoms with Gasteiger partial charge in [-0.05, 0) is 44.0 Å². The van der Waals surface area contributed by atoms with Gasteiger partial charge < -0.3 is 10.2 Å². The number of anilines is 1. The van der Waals surface area contributed by atoms with Crippen molar-refractivity contribution in [3.05, 3.63) is 77.1 Å². The standard InChI is InChI=1S/C23H23ClN4O2/c1-16-20(21(24)28(26-16)19-10-6-3-7-11-19)23(30)27-14-12-17(13-15-27)22(29)25-18-8-4-2-5-9-18/h2-11,17H,12-15H2,1H3,(H,25,29). The first kappa shape index (κ1) is 20.2. The molecule has 1 fully saturated rings. The van der Waals surface area contributed by atoms with Crippen molar-refractivity contribution in [1.82, 2.24) is 14.7 Å². The average Bonchev–Trinajstić information content (AvgIpc) is 3.08. The first-order chi connectivity index (χ1) is 14.5. The zero-order valence-corrected chi connectivity index (χ0v) is 17.5. The second kappa shape index (κ2) is 8.71. The Bertz CT molecular complexity index is 1040. The topological polar surface area (TPSA) is 67.2 Å². The van der Waals surface area contributed by atoms with Crippen molar-refractivity contribution in [3.8, 4) is 5.69 Å². The van der Waals surface area contributed by atoms with E-state index in [2.05, 4.69) is 10.4 Å². The Morgan fingerprint density at radius 1 is 1.00 bits per heavy atom. The van der Waals surface area contributed by atoms with E-state index in [1.54, 1.807) is 16.5 Å². The lowest BCUT2D eigenvalue weighted by Gasteiger charge is -2.31. The van der Waals surface area contributed by atoms with Crippen LogP contribution in [0.2, 0.25) is 5.15 Å². The molecule has 154 valence electrons. The molecule has 1 saturated heterocycles. The molecule has 0 saturated carbocycles. The van der Waals surface area contributed by atoms with Crippen molar-refractivity contribution < 1.29 is 9.59 Å². The maximum atomic E-state index is 13.1. The number of likely N-dealkylation sites (tertiary alicyclic amines) is 1. The van der Waals surface area contributed by atoms with Gasteiger partial charge in [-0.15, -0.1) is 0 Å². The van der Waals surface area contributed by atoms with Gasteiger partial charge in [0.25, 0.3) is 5.91 Å². The van der Waals surface area contributed by atoms with Crippen LogP contribution in [-0.2, 0) is 4.79 Å². The second-order valence-corrected chi connectivity index (χ2v) is 7.78. The van der Waals surface area contributed by atoms with Crippen LogP contribution >= 0.6 is 11.6 Å². The van der Waals surface area contributed by atoms with Gasteiger partial charge in [0.2, 0.25) is 5.91 Å². The Morgan fingerprint density at radius 2 is 1.60 bits per heavy atom. The first-order valence-electron chi connectivity index (χ1n) is 10.0. The minimum Gasteiger partial charge on any atom is -0.338 e. The number of nitrogens with one attached hydrogen (secondary N) is 1. The minimum absolute atomic E-state index is 0.000547. The van der Waals surface area contributed by atoms with E-state index in [1.807, 2.05) is 60.7 Å². The van der Waals surface area contributed by atoms with Crippen molar-refractivity contribution in [2.45, 2.75) is 19.8 Å². The summed E-state index contributed by atoms with van der Waals surface area (Å²) in [5, 5.41) is 7.72. The maximum Gasteiger partial charge on any atom is 0.258 e. The van der Waals surface area contributed by atoms with Gasteiger partial charge in [0.05, 0.1) is 16.9 Å². The normalized spacial score (nSPS) is 14.5. The Morgan fingerprint density at radius 3 is 2.23 bits per heavy atom. The van der Waals surface area contributed by atoms with Crippen molar-refractivity contribution in [3.63, 3.8) is 0 Å². The fourth-order valence-electron chi connectivity index (χ4n) is 3.75. The van der Waals surface area contributed by atoms with Crippen molar-refractivity contribution in [2.24, 2.45) is 5.92 Å². The van der Waals surface area contributed by atoms with E-state index in [0.29, 0.717) is 42.3 Å². The zero-order chi connectivity index (χ0) is 21.1. The highest BCUT2D eigenvalue weighted by Gasteiger charge is 2.31. The summed E-state index contributed by atoms with van der Waals surface area (Å²) in [7, 11) is 0. The molecule has 2 aromatic carbocycles. The number of para-hydroxylation sites is 2. The fraction of sp³-hybridized carbons (Fsp3) is 0.261. The van der Waals surface area contributed by atoms with E-state index in [1.165, 1.54) is 0 Å². The van der Waals surface area contributed by atoms with Crippen LogP contribution in [0.15, 0.2) is 60.7 Å². The molecule has 1 aliphatic rings. The lowest BCUT2D eigenvalue weighted by Crippen LogP contribution is -2.41. The summed E-state index contributed by atoms with van der Waals surface area (Å²) in [6.45, 7) is 2.81. The largest absolute Gasteiger partial charge is 0.338 e. The van der Waals surface area contributed by atoms with Crippen LogP contribution in [0, 0.1) is 12.8 Å². The molecule has 1 N–H and O–H groups in total. The highest BCUT2D eigenvalue weighted by atomic mass is 35.5. The average molecular weight is 423 g/mol. The molecule has 0 radical (unpaired) electrons. The highest BCUT2D eigenvalue weighted by Crippen LogP contribution is 2.27. The van der Waals surface area contributed by atoms with Gasteiger partial charge in [0.1, 0.15) is 5.15 Å². The lowest BCUT2D eigenvalue weighted by molar-refractivity contribution is -0.121. The van der Waals surface area contributed by atoms with Crippen LogP contribution in [0.4, 0.5) is 5.69 Å². The number of carbonyl (C=O) groups excluding carboxylic acids is 2. The number of aromatic nitrogens is 2. The number of hydrogen-bond donors (Lipinski definition) is 1. The molecule has 2 amide bonds. The van der Waals surface area contributed by atoms with Crippen LogP contribution in [-0.4, -0.2) is 39.6 Å². The monoisotopic (exact) mass is 422 g/mol. The summed E-state index contributed by atoms with van der Waals surface area (Å²) in [5.41, 5.74) is 2.61. The Kier molecular flexibility index (Phi) is 5.86. The lowest BCUT2D eigenvalue weighted by atomic mass is 9.95. The summed E-state index contributed by atoms with van der Waals surface area (Å²) >= 11 is 6.54. The van der Waals surface area contributed by atoms with Gasteiger partial charge in [-0.3, -0.25) is 9.59 Å². The Balaban J connectivity index is 1.42. The molecule has 0 bridgehead atoms. The number of hydrogen-bond acceptors (Lipinski definition) is 3. The van der Waals surface area contributed by atoms with Gasteiger partial charge in [0, 0.05) is 24.7 Å². The molecule has 6 nitrogen and oxygen atoms in total. The first-order valence-corrected chi connectivity index (χ1v) is 10.4. The maximum absolute atomic E-state index is 13.1. The third-order valence-electron chi connectivity index (χ3n) is 5.41. The van der Waals surface area contributed by atoms with E-state index in [4.69, 9.17) is 11.6 Å². The number of nitrogens with zero attached hydrogens (tertiary/aromatic N) is 3. The van der Waals surface area contributed by atoms with Crippen molar-refractivity contribution in [2.75, 3.05) is 18.4 Å². The number of benzene rings is 2. The summed E-state index contributed by atoms with van der Waals surface area (Å²) in [4.78, 5) is 27.4. The number of halogens is 1. The van der Waals surface area contributed by atoms with Crippen LogP contribution < -0.4 is 5.32 Å². The summed E-state index contributed by atoms with van der Waals surface area (Å²) < 4.78 is 1.59. The van der Waals surface area contributed by atoms with Crippen LogP contribution in [0.25, 0.3) is 5.69 Å². The molecule has 0 unspecified atom stereocenters. The van der Waals surface area contributed by atoms with E-state index in [-0.39, 0.29) is 17.7 Å². The molecule has 1 aliphatic heterocycles. The molecule has 0 aliphatic carbocycles. The molecule has 2 heterocycles. The van der Waals surface area contributed by atoms with Gasteiger partial charge >= 0.3 is 0 Å². The van der Waals surface area contributed by atoms with Crippen LogP contribution in [0.1, 0.15) is 28.9 Å². The summed E-state index contributed by atoms with van der Waals surface area (Å²) in [5.74, 6) is -0.251. The van der Waals surface area contributed by atoms with Crippen molar-refractivity contribution >= 4 is 29.1 Å². The molecular formula is C23H23ClN4O2. The number of piperidine rings is 1.